The number of aromatic nitrogens is 1. The maximum absolute atomic E-state index is 14.0. The van der Waals surface area contributed by atoms with Gasteiger partial charge in [-0.25, -0.2) is 9.98 Å². The number of aromatic amines is 1. The molecule has 6 heteroatoms. The van der Waals surface area contributed by atoms with Crippen LogP contribution in [0.15, 0.2) is 67.6 Å². The Morgan fingerprint density at radius 3 is 1.95 bits per heavy atom. The second-order valence-electron chi connectivity index (χ2n) is 11.1. The van der Waals surface area contributed by atoms with E-state index in [0.717, 1.165) is 84.5 Å². The van der Waals surface area contributed by atoms with Crippen molar-refractivity contribution >= 4 is 28.9 Å². The molecule has 0 aliphatic carbocycles. The number of nitrogens with zero attached hydrogens (tertiary/aromatic N) is 3. The monoisotopic (exact) mass is 745 g/mol. The van der Waals surface area contributed by atoms with Gasteiger partial charge in [0.2, 0.25) is 0 Å². The average molecular weight is 746 g/mol. The summed E-state index contributed by atoms with van der Waals surface area (Å²) in [6.45, 7) is 18.5. The molecule has 224 valence electrons. The summed E-state index contributed by atoms with van der Waals surface area (Å²) < 4.78 is 0. The minimum atomic E-state index is -0.347. The summed E-state index contributed by atoms with van der Waals surface area (Å²) in [7, 11) is 0. The summed E-state index contributed by atoms with van der Waals surface area (Å²) in [5.74, 6) is 0.198. The SMILES string of the molecule is CCC1=C(CC)C2=C(CC)C3=C(CC)C(=O)C(C=C4C=CC(=N4)C=c4[nH]c(c(CC)c4CC)=C(CC)C1=N2)N3CC.[Pt+2]. The molecule has 5 heterocycles. The van der Waals surface area contributed by atoms with Gasteiger partial charge in [0.05, 0.1) is 22.8 Å². The number of aliphatic imine (C=N–C) groups is 2. The fourth-order valence-corrected chi connectivity index (χ4v) is 7.32. The number of allylic oxidation sites excluding steroid dienone is 5. The summed E-state index contributed by atoms with van der Waals surface area (Å²) in [6, 6.07) is -0.347. The number of likely N-dealkylation sites (N-methyl/N-ethyl adjacent to an activating group) is 1. The Morgan fingerprint density at radius 2 is 1.38 bits per heavy atom. The Kier molecular flexibility index (Phi) is 10.1. The van der Waals surface area contributed by atoms with Crippen molar-refractivity contribution in [2.24, 2.45) is 9.98 Å². The molecule has 1 unspecified atom stereocenters. The molecular formula is C36H46N4OPt+2. The third-order valence-corrected chi connectivity index (χ3v) is 9.16. The standard InChI is InChI=1S/C36H46N4O.Pt/c1-9-23-24(10-2)32-27(13-5)33-25(11-3)26(12-4)34(39-33)28(14-6)35-29(15-7)36(41)31(40(35)16-8)20-22-18-17-21(37-22)19-30(23)38-32;/h17-20,31,38H,9-16H2,1-8H3;/q;+2. The fraction of sp³-hybridized carbons (Fsp3) is 0.472. The number of nitrogens with one attached hydrogen (secondary N) is 1. The predicted octanol–water partition coefficient (Wildman–Crippen LogP) is 6.56. The quantitative estimate of drug-likeness (QED) is 0.328. The number of H-pyrrole nitrogens is 1. The molecule has 0 fully saturated rings. The van der Waals surface area contributed by atoms with Crippen LogP contribution in [0, 0.1) is 0 Å². The largest absolute Gasteiger partial charge is 2.00 e. The third kappa shape index (κ3) is 5.06. The van der Waals surface area contributed by atoms with Crippen LogP contribution in [-0.4, -0.2) is 39.7 Å². The van der Waals surface area contributed by atoms with Crippen molar-refractivity contribution in [1.82, 2.24) is 9.88 Å². The number of Topliss-reactive ketones (excluding diaryl/α,β-unsaturated/α-hetero) is 1. The van der Waals surface area contributed by atoms with Crippen LogP contribution in [0.2, 0.25) is 0 Å². The van der Waals surface area contributed by atoms with Crippen LogP contribution in [0.25, 0.3) is 11.6 Å². The second-order valence-corrected chi connectivity index (χ2v) is 11.1. The Balaban J connectivity index is 0.00000405. The third-order valence-electron chi connectivity index (χ3n) is 9.16. The average Bonchev–Trinajstić information content (AvgIpc) is 3.73. The van der Waals surface area contributed by atoms with E-state index in [1.165, 1.54) is 38.8 Å². The minimum absolute atomic E-state index is 0. The summed E-state index contributed by atoms with van der Waals surface area (Å²) in [6.07, 6.45) is 14.5. The number of hydrogen-bond donors (Lipinski definition) is 1. The van der Waals surface area contributed by atoms with E-state index >= 15 is 0 Å². The molecule has 5 rings (SSSR count). The summed E-state index contributed by atoms with van der Waals surface area (Å²) in [4.78, 5) is 30.6. The van der Waals surface area contributed by atoms with E-state index in [1.807, 2.05) is 6.08 Å². The van der Waals surface area contributed by atoms with Crippen molar-refractivity contribution in [2.45, 2.75) is 106 Å². The Bertz CT molecular complexity index is 1640. The molecule has 0 saturated carbocycles. The zero-order chi connectivity index (χ0) is 29.4. The van der Waals surface area contributed by atoms with Gasteiger partial charge in [0.25, 0.3) is 0 Å². The van der Waals surface area contributed by atoms with Crippen molar-refractivity contribution in [3.63, 3.8) is 0 Å². The summed E-state index contributed by atoms with van der Waals surface area (Å²) in [5, 5.41) is 2.36. The number of rotatable bonds is 8. The van der Waals surface area contributed by atoms with Crippen LogP contribution in [0.3, 0.4) is 0 Å². The molecule has 1 aromatic rings. The van der Waals surface area contributed by atoms with Crippen LogP contribution in [0.4, 0.5) is 0 Å². The van der Waals surface area contributed by atoms with E-state index in [-0.39, 0.29) is 32.9 Å². The van der Waals surface area contributed by atoms with Gasteiger partial charge in [0.1, 0.15) is 6.04 Å². The van der Waals surface area contributed by atoms with E-state index in [4.69, 9.17) is 9.98 Å². The molecule has 1 aromatic heterocycles. The molecule has 0 spiro atoms. The molecule has 42 heavy (non-hydrogen) atoms. The van der Waals surface area contributed by atoms with E-state index < -0.39 is 0 Å². The molecule has 8 bridgehead atoms. The fourth-order valence-electron chi connectivity index (χ4n) is 7.32. The smallest absolute Gasteiger partial charge is 0.357 e. The molecule has 0 saturated heterocycles. The number of ketones is 1. The van der Waals surface area contributed by atoms with Crippen LogP contribution < -0.4 is 10.7 Å². The number of hydrogen-bond acceptors (Lipinski definition) is 4. The van der Waals surface area contributed by atoms with E-state index in [2.05, 4.69) is 83.5 Å². The molecule has 4 aliphatic rings. The predicted molar refractivity (Wildman–Crippen MR) is 172 cm³/mol. The molecule has 0 amide bonds. The minimum Gasteiger partial charge on any atom is -0.357 e. The Hall–Kier alpha value is -2.78. The summed E-state index contributed by atoms with van der Waals surface area (Å²) in [5.41, 5.74) is 13.9. The van der Waals surface area contributed by atoms with E-state index in [0.29, 0.717) is 6.42 Å². The van der Waals surface area contributed by atoms with E-state index in [9.17, 15) is 4.79 Å². The van der Waals surface area contributed by atoms with Gasteiger partial charge >= 0.3 is 21.1 Å². The number of fused-ring (bicyclic) bond motifs is 6. The van der Waals surface area contributed by atoms with E-state index in [1.54, 1.807) is 0 Å². The normalized spacial score (nSPS) is 20.0. The van der Waals surface area contributed by atoms with Crippen LogP contribution in [-0.2, 0) is 38.7 Å². The molecule has 4 aliphatic heterocycles. The van der Waals surface area contributed by atoms with Gasteiger partial charge in [0, 0.05) is 39.7 Å². The van der Waals surface area contributed by atoms with Crippen molar-refractivity contribution in [2.75, 3.05) is 6.54 Å². The molecule has 5 nitrogen and oxygen atoms in total. The molecule has 0 radical (unpaired) electrons. The van der Waals surface area contributed by atoms with Crippen molar-refractivity contribution < 1.29 is 25.9 Å². The molecule has 1 N–H and O–H groups in total. The first-order chi connectivity index (χ1) is 19.9. The zero-order valence-electron chi connectivity index (χ0n) is 26.6. The van der Waals surface area contributed by atoms with Gasteiger partial charge in [-0.3, -0.25) is 4.79 Å². The first kappa shape index (κ1) is 32.1. The van der Waals surface area contributed by atoms with Gasteiger partial charge in [-0.1, -0.05) is 48.5 Å². The molecule has 1 atom stereocenters. The van der Waals surface area contributed by atoms with Crippen LogP contribution in [0.5, 0.6) is 0 Å². The van der Waals surface area contributed by atoms with Crippen LogP contribution in [0.1, 0.15) is 98.6 Å². The Labute approximate surface area is 266 Å². The molecule has 0 aromatic carbocycles. The number of carbonyl (C=O) groups excluding carboxylic acids is 1. The topological polar surface area (TPSA) is 60.8 Å². The first-order valence-corrected chi connectivity index (χ1v) is 15.9. The number of carbonyl (C=O) groups is 1. The van der Waals surface area contributed by atoms with Gasteiger partial charge in [-0.15, -0.1) is 0 Å². The van der Waals surface area contributed by atoms with Gasteiger partial charge in [0.15, 0.2) is 5.78 Å². The maximum Gasteiger partial charge on any atom is 2.00 e. The van der Waals surface area contributed by atoms with Crippen molar-refractivity contribution in [3.05, 3.63) is 79.4 Å². The van der Waals surface area contributed by atoms with Gasteiger partial charge in [-0.05, 0) is 98.4 Å². The zero-order valence-corrected chi connectivity index (χ0v) is 28.9. The summed E-state index contributed by atoms with van der Waals surface area (Å²) >= 11 is 0. The van der Waals surface area contributed by atoms with Crippen molar-refractivity contribution in [1.29, 1.82) is 0 Å². The van der Waals surface area contributed by atoms with Crippen LogP contribution >= 0.6 is 0 Å². The first-order valence-electron chi connectivity index (χ1n) is 15.9. The Morgan fingerprint density at radius 1 is 0.738 bits per heavy atom. The van der Waals surface area contributed by atoms with Crippen molar-refractivity contribution in [3.8, 4) is 0 Å². The maximum atomic E-state index is 14.0. The second kappa shape index (κ2) is 13.2. The van der Waals surface area contributed by atoms with Gasteiger partial charge in [-0.2, -0.15) is 0 Å². The van der Waals surface area contributed by atoms with Gasteiger partial charge < -0.3 is 9.88 Å². The molecular weight excluding hydrogens is 700 g/mol.